The van der Waals surface area contributed by atoms with Crippen LogP contribution in [0.15, 0.2) is 24.5 Å². The minimum Gasteiger partial charge on any atom is -0.379 e. The first-order valence-corrected chi connectivity index (χ1v) is 6.73. The third-order valence-corrected chi connectivity index (χ3v) is 3.43. The molecule has 5 nitrogen and oxygen atoms in total. The average Bonchev–Trinajstić information content (AvgIpc) is 2.88. The highest BCUT2D eigenvalue weighted by Gasteiger charge is 2.33. The Balaban J connectivity index is 1.93. The molecule has 104 valence electrons. The Hall–Kier alpha value is -1.46. The Kier molecular flexibility index (Phi) is 4.87. The zero-order chi connectivity index (χ0) is 13.7. The van der Waals surface area contributed by atoms with Crippen LogP contribution < -0.4 is 10.6 Å². The number of hydrogen-bond donors (Lipinski definition) is 2. The third kappa shape index (κ3) is 3.52. The lowest BCUT2D eigenvalue weighted by atomic mass is 10.0. The van der Waals surface area contributed by atoms with E-state index in [1.165, 1.54) is 0 Å². The van der Waals surface area contributed by atoms with E-state index in [-0.39, 0.29) is 23.9 Å². The molecule has 1 saturated heterocycles. The number of carbonyl (C=O) groups excluding carboxylic acids is 1. The van der Waals surface area contributed by atoms with E-state index in [1.54, 1.807) is 12.4 Å². The van der Waals surface area contributed by atoms with Crippen LogP contribution in [0.25, 0.3) is 0 Å². The largest absolute Gasteiger partial charge is 0.379 e. The molecule has 2 heterocycles. The van der Waals surface area contributed by atoms with Gasteiger partial charge in [-0.3, -0.25) is 9.78 Å². The summed E-state index contributed by atoms with van der Waals surface area (Å²) in [5.41, 5.74) is 1.01. The van der Waals surface area contributed by atoms with Crippen LogP contribution in [0.5, 0.6) is 0 Å². The van der Waals surface area contributed by atoms with Crippen molar-refractivity contribution in [2.75, 3.05) is 19.8 Å². The maximum Gasteiger partial charge on any atom is 0.227 e. The lowest BCUT2D eigenvalue weighted by molar-refractivity contribution is -0.126. The normalized spacial score (nSPS) is 24.1. The van der Waals surface area contributed by atoms with Crippen molar-refractivity contribution in [2.45, 2.75) is 25.9 Å². The minimum atomic E-state index is -0.112. The lowest BCUT2D eigenvalue weighted by Crippen LogP contribution is -2.44. The molecule has 2 N–H and O–H groups in total. The summed E-state index contributed by atoms with van der Waals surface area (Å²) in [5.74, 6) is -0.0705. The van der Waals surface area contributed by atoms with E-state index in [0.717, 1.165) is 12.1 Å². The predicted octanol–water partition coefficient (Wildman–Crippen LogP) is 0.883. The summed E-state index contributed by atoms with van der Waals surface area (Å²) < 4.78 is 5.40. The van der Waals surface area contributed by atoms with Crippen molar-refractivity contribution in [3.8, 4) is 0 Å². The minimum absolute atomic E-state index is 0.0379. The van der Waals surface area contributed by atoms with E-state index < -0.39 is 0 Å². The molecule has 3 atom stereocenters. The highest BCUT2D eigenvalue weighted by molar-refractivity contribution is 5.80. The number of likely N-dealkylation sites (N-methyl/N-ethyl adjacent to an activating group) is 1. The van der Waals surface area contributed by atoms with Crippen LogP contribution in [0.4, 0.5) is 0 Å². The van der Waals surface area contributed by atoms with Crippen molar-refractivity contribution in [3.63, 3.8) is 0 Å². The van der Waals surface area contributed by atoms with E-state index in [0.29, 0.717) is 13.2 Å². The second-order valence-electron chi connectivity index (χ2n) is 4.82. The van der Waals surface area contributed by atoms with E-state index in [9.17, 15) is 4.79 Å². The van der Waals surface area contributed by atoms with E-state index >= 15 is 0 Å². The van der Waals surface area contributed by atoms with Gasteiger partial charge >= 0.3 is 0 Å². The van der Waals surface area contributed by atoms with E-state index in [1.807, 2.05) is 26.0 Å². The number of pyridine rings is 1. The molecule has 1 amide bonds. The maximum atomic E-state index is 12.3. The summed E-state index contributed by atoms with van der Waals surface area (Å²) in [6, 6.07) is 3.92. The Morgan fingerprint density at radius 3 is 3.11 bits per heavy atom. The molecule has 0 aliphatic carbocycles. The van der Waals surface area contributed by atoms with Gasteiger partial charge in [-0.15, -0.1) is 0 Å². The molecule has 0 bridgehead atoms. The Bertz CT molecular complexity index is 410. The fourth-order valence-electron chi connectivity index (χ4n) is 2.31. The van der Waals surface area contributed by atoms with Gasteiger partial charge < -0.3 is 15.4 Å². The fourth-order valence-corrected chi connectivity index (χ4v) is 2.31. The van der Waals surface area contributed by atoms with Gasteiger partial charge in [0.25, 0.3) is 0 Å². The molecule has 1 aliphatic rings. The van der Waals surface area contributed by atoms with Gasteiger partial charge in [-0.05, 0) is 25.1 Å². The van der Waals surface area contributed by atoms with Gasteiger partial charge in [0.1, 0.15) is 0 Å². The molecule has 2 rings (SSSR count). The number of carbonyl (C=O) groups is 1. The van der Waals surface area contributed by atoms with Crippen molar-refractivity contribution in [3.05, 3.63) is 30.1 Å². The van der Waals surface area contributed by atoms with Gasteiger partial charge in [0.15, 0.2) is 0 Å². The zero-order valence-corrected chi connectivity index (χ0v) is 11.4. The molecular formula is C14H21N3O2. The van der Waals surface area contributed by atoms with Crippen molar-refractivity contribution in [2.24, 2.45) is 5.92 Å². The summed E-state index contributed by atoms with van der Waals surface area (Å²) in [4.78, 5) is 16.3. The van der Waals surface area contributed by atoms with E-state index in [4.69, 9.17) is 4.74 Å². The number of rotatable bonds is 5. The first-order chi connectivity index (χ1) is 9.22. The SMILES string of the molecule is CCNC1COCC1C(=O)N[C@H](C)c1cccnc1. The Morgan fingerprint density at radius 1 is 1.58 bits per heavy atom. The van der Waals surface area contributed by atoms with Crippen LogP contribution in [-0.2, 0) is 9.53 Å². The lowest BCUT2D eigenvalue weighted by Gasteiger charge is -2.21. The van der Waals surface area contributed by atoms with Gasteiger partial charge in [0.05, 0.1) is 25.2 Å². The number of nitrogens with zero attached hydrogens (tertiary/aromatic N) is 1. The fraction of sp³-hybridized carbons (Fsp3) is 0.571. The molecule has 1 aromatic rings. The standard InChI is InChI=1S/C14H21N3O2/c1-3-16-13-9-19-8-12(13)14(18)17-10(2)11-5-4-6-15-7-11/h4-7,10,12-13,16H,3,8-9H2,1-2H3,(H,17,18)/t10-,12?,13?/m1/s1. The number of ether oxygens (including phenoxy) is 1. The first kappa shape index (κ1) is 14.0. The molecular weight excluding hydrogens is 242 g/mol. The van der Waals surface area contributed by atoms with Crippen LogP contribution in [-0.4, -0.2) is 36.7 Å². The van der Waals surface area contributed by atoms with Crippen LogP contribution in [0, 0.1) is 5.92 Å². The highest BCUT2D eigenvalue weighted by atomic mass is 16.5. The number of nitrogens with one attached hydrogen (secondary N) is 2. The molecule has 0 spiro atoms. The smallest absolute Gasteiger partial charge is 0.227 e. The molecule has 0 aromatic carbocycles. The summed E-state index contributed by atoms with van der Waals surface area (Å²) in [5, 5.41) is 6.32. The zero-order valence-electron chi connectivity index (χ0n) is 11.4. The third-order valence-electron chi connectivity index (χ3n) is 3.43. The number of amides is 1. The van der Waals surface area contributed by atoms with Gasteiger partial charge in [0.2, 0.25) is 5.91 Å². The summed E-state index contributed by atoms with van der Waals surface area (Å²) >= 11 is 0. The second kappa shape index (κ2) is 6.63. The maximum absolute atomic E-state index is 12.3. The average molecular weight is 263 g/mol. The summed E-state index contributed by atoms with van der Waals surface area (Å²) in [6.45, 7) is 5.94. The first-order valence-electron chi connectivity index (χ1n) is 6.73. The highest BCUT2D eigenvalue weighted by Crippen LogP contribution is 2.17. The molecule has 1 aliphatic heterocycles. The summed E-state index contributed by atoms with van der Waals surface area (Å²) in [7, 11) is 0. The quantitative estimate of drug-likeness (QED) is 0.828. The molecule has 19 heavy (non-hydrogen) atoms. The predicted molar refractivity (Wildman–Crippen MR) is 72.6 cm³/mol. The van der Waals surface area contributed by atoms with Crippen LogP contribution in [0.1, 0.15) is 25.5 Å². The van der Waals surface area contributed by atoms with Crippen molar-refractivity contribution in [1.82, 2.24) is 15.6 Å². The number of hydrogen-bond acceptors (Lipinski definition) is 4. The molecule has 5 heteroatoms. The van der Waals surface area contributed by atoms with Gasteiger partial charge in [0, 0.05) is 18.4 Å². The van der Waals surface area contributed by atoms with Gasteiger partial charge in [-0.1, -0.05) is 13.0 Å². The van der Waals surface area contributed by atoms with Crippen LogP contribution >= 0.6 is 0 Å². The molecule has 1 aromatic heterocycles. The monoisotopic (exact) mass is 263 g/mol. The molecule has 1 fully saturated rings. The van der Waals surface area contributed by atoms with Gasteiger partial charge in [-0.2, -0.15) is 0 Å². The molecule has 0 radical (unpaired) electrons. The van der Waals surface area contributed by atoms with E-state index in [2.05, 4.69) is 15.6 Å². The van der Waals surface area contributed by atoms with Crippen molar-refractivity contribution in [1.29, 1.82) is 0 Å². The van der Waals surface area contributed by atoms with Gasteiger partial charge in [-0.25, -0.2) is 0 Å². The molecule has 0 saturated carbocycles. The number of aromatic nitrogens is 1. The Morgan fingerprint density at radius 2 is 2.42 bits per heavy atom. The Labute approximate surface area is 113 Å². The van der Waals surface area contributed by atoms with Crippen LogP contribution in [0.2, 0.25) is 0 Å². The second-order valence-corrected chi connectivity index (χ2v) is 4.82. The molecule has 2 unspecified atom stereocenters. The van der Waals surface area contributed by atoms with Crippen molar-refractivity contribution < 1.29 is 9.53 Å². The van der Waals surface area contributed by atoms with Crippen molar-refractivity contribution >= 4 is 5.91 Å². The summed E-state index contributed by atoms with van der Waals surface area (Å²) in [6.07, 6.45) is 3.50. The van der Waals surface area contributed by atoms with Crippen LogP contribution in [0.3, 0.4) is 0 Å². The topological polar surface area (TPSA) is 63.2 Å².